The molecule has 0 aromatic heterocycles. The molecule has 1 rings (SSSR count). The Kier molecular flexibility index (Phi) is 23.4. The summed E-state index contributed by atoms with van der Waals surface area (Å²) in [6.07, 6.45) is 4.55. The summed E-state index contributed by atoms with van der Waals surface area (Å²) in [6.45, 7) is 6.08. The van der Waals surface area contributed by atoms with Crippen molar-refractivity contribution in [2.24, 2.45) is 55.5 Å². The highest BCUT2D eigenvalue weighted by molar-refractivity contribution is 5.96. The summed E-state index contributed by atoms with van der Waals surface area (Å²) in [5, 5.41) is 28.8. The molecule has 5 atom stereocenters. The minimum Gasteiger partial charge on any atom is -0.384 e. The number of carbonyl (C=O) groups is 5. The molecule has 21 nitrogen and oxygen atoms in total. The Hall–Kier alpha value is -5.83. The number of aliphatic imine (C=N–C) groups is 2. The average Bonchev–Trinajstić information content (AvgIpc) is 3.17. The molecule has 59 heavy (non-hydrogen) atoms. The minimum atomic E-state index is -1.22. The van der Waals surface area contributed by atoms with Gasteiger partial charge in [0.25, 0.3) is 0 Å². The highest BCUT2D eigenvalue weighted by Crippen LogP contribution is 2.21. The maximum atomic E-state index is 14.1. The van der Waals surface area contributed by atoms with Gasteiger partial charge in [-0.15, -0.1) is 0 Å². The standard InChI is InChI=1S/C38H68N16O5/c1-38(2,3)29(35(59)53-26(11-5-7-19-40)32(56)50-22-23-14-16-24(17-15-23)30(42)43)54-34(58)28(13-9-21-49-37(46)47)52-33(57)27(12-8-20-48-36(44)45)51-31(55)25(41)10-4-6-18-39/h14-17,19,25-29,40H,4-13,18,20-22,39,41H2,1-3H3,(H3,42,43)(H,50,56)(H,51,55)(H,52,57)(H,53,59)(H,54,58)(H4,44,45,48)(H4,46,47,49)/t25-,26-,27-,28-,29+/m0/s1. The molecule has 0 radical (unpaired) electrons. The monoisotopic (exact) mass is 829 g/mol. The number of amides is 5. The van der Waals surface area contributed by atoms with Gasteiger partial charge in [0.15, 0.2) is 11.9 Å². The van der Waals surface area contributed by atoms with E-state index in [4.69, 9.17) is 51.0 Å². The molecule has 1 aromatic carbocycles. The second-order valence-electron chi connectivity index (χ2n) is 15.2. The van der Waals surface area contributed by atoms with E-state index in [-0.39, 0.29) is 63.1 Å². The van der Waals surface area contributed by atoms with E-state index in [1.54, 1.807) is 45.0 Å². The highest BCUT2D eigenvalue weighted by atomic mass is 16.2. The lowest BCUT2D eigenvalue weighted by Gasteiger charge is -2.33. The molecule has 0 bridgehead atoms. The van der Waals surface area contributed by atoms with E-state index < -0.39 is 65.2 Å². The average molecular weight is 829 g/mol. The predicted octanol–water partition coefficient (Wildman–Crippen LogP) is -2.04. The number of amidine groups is 1. The van der Waals surface area contributed by atoms with E-state index >= 15 is 0 Å². The number of carbonyl (C=O) groups excluding carboxylic acids is 5. The molecule has 0 spiro atoms. The normalized spacial score (nSPS) is 13.6. The van der Waals surface area contributed by atoms with E-state index in [0.29, 0.717) is 50.6 Å². The molecule has 0 unspecified atom stereocenters. The number of hydrogen-bond acceptors (Lipinski definition) is 11. The lowest BCUT2D eigenvalue weighted by molar-refractivity contribution is -0.136. The lowest BCUT2D eigenvalue weighted by atomic mass is 9.85. The van der Waals surface area contributed by atoms with Gasteiger partial charge in [0.1, 0.15) is 30.0 Å². The summed E-state index contributed by atoms with van der Waals surface area (Å²) < 4.78 is 0. The van der Waals surface area contributed by atoms with Crippen molar-refractivity contribution in [3.8, 4) is 0 Å². The Morgan fingerprint density at radius 1 is 0.678 bits per heavy atom. The van der Waals surface area contributed by atoms with Crippen LogP contribution in [0.15, 0.2) is 34.3 Å². The molecule has 5 amide bonds. The smallest absolute Gasteiger partial charge is 0.243 e. The van der Waals surface area contributed by atoms with Crippen molar-refractivity contribution in [3.05, 3.63) is 35.4 Å². The Bertz CT molecular complexity index is 1590. The van der Waals surface area contributed by atoms with Crippen LogP contribution < -0.4 is 66.7 Å². The zero-order chi connectivity index (χ0) is 44.5. The van der Waals surface area contributed by atoms with E-state index in [9.17, 15) is 24.0 Å². The van der Waals surface area contributed by atoms with Gasteiger partial charge < -0.3 is 72.1 Å². The predicted molar refractivity (Wildman–Crippen MR) is 230 cm³/mol. The van der Waals surface area contributed by atoms with Crippen molar-refractivity contribution < 1.29 is 24.0 Å². The number of nitrogens with two attached hydrogens (primary N) is 7. The molecular formula is C38H68N16O5. The maximum Gasteiger partial charge on any atom is 0.243 e. The van der Waals surface area contributed by atoms with Crippen LogP contribution in [0.5, 0.6) is 0 Å². The molecule has 21 N–H and O–H groups in total. The molecular weight excluding hydrogens is 761 g/mol. The SMILES string of the molecule is CC(C)(C)[C@H](NC(=O)[C@H](CCCN=C(N)N)NC(=O)[C@H](CCCN=C(N)N)NC(=O)[C@@H](N)CCCCN)C(=O)N[C@@H](CCCC=N)C(=O)NCc1ccc(C(=N)N)cc1. The largest absolute Gasteiger partial charge is 0.384 e. The Morgan fingerprint density at radius 3 is 1.66 bits per heavy atom. The van der Waals surface area contributed by atoms with Crippen LogP contribution in [0.4, 0.5) is 0 Å². The Labute approximate surface area is 346 Å². The summed E-state index contributed by atoms with van der Waals surface area (Å²) in [4.78, 5) is 76.3. The van der Waals surface area contributed by atoms with Gasteiger partial charge in [0, 0.05) is 25.2 Å². The van der Waals surface area contributed by atoms with Crippen LogP contribution in [-0.2, 0) is 30.5 Å². The zero-order valence-electron chi connectivity index (χ0n) is 34.7. The summed E-state index contributed by atoms with van der Waals surface area (Å²) in [5.74, 6) is -3.46. The summed E-state index contributed by atoms with van der Waals surface area (Å²) in [5.41, 5.74) is 39.5. The molecule has 0 aliphatic rings. The first-order valence-electron chi connectivity index (χ1n) is 19.8. The third-order valence-electron chi connectivity index (χ3n) is 9.08. The van der Waals surface area contributed by atoms with E-state index in [1.165, 1.54) is 6.21 Å². The first kappa shape index (κ1) is 51.2. The molecule has 21 heteroatoms. The zero-order valence-corrected chi connectivity index (χ0v) is 34.7. The van der Waals surface area contributed by atoms with Crippen molar-refractivity contribution in [1.82, 2.24) is 26.6 Å². The fraction of sp³-hybridized carbons (Fsp3) is 0.605. The first-order valence-corrected chi connectivity index (χ1v) is 19.8. The van der Waals surface area contributed by atoms with Crippen molar-refractivity contribution in [2.45, 2.75) is 122 Å². The topological polar surface area (TPSA) is 400 Å². The molecule has 0 heterocycles. The fourth-order valence-electron chi connectivity index (χ4n) is 5.72. The highest BCUT2D eigenvalue weighted by Gasteiger charge is 2.37. The van der Waals surface area contributed by atoms with Crippen LogP contribution in [0.3, 0.4) is 0 Å². The van der Waals surface area contributed by atoms with Crippen molar-refractivity contribution in [3.63, 3.8) is 0 Å². The number of unbranched alkanes of at least 4 members (excludes halogenated alkanes) is 2. The number of nitrogens with zero attached hydrogens (tertiary/aromatic N) is 2. The Morgan fingerprint density at radius 2 is 1.17 bits per heavy atom. The van der Waals surface area contributed by atoms with Crippen LogP contribution in [0, 0.1) is 16.2 Å². The second kappa shape index (κ2) is 27.0. The maximum absolute atomic E-state index is 14.1. The van der Waals surface area contributed by atoms with Gasteiger partial charge in [-0.1, -0.05) is 51.5 Å². The van der Waals surface area contributed by atoms with E-state index in [0.717, 1.165) is 5.56 Å². The summed E-state index contributed by atoms with van der Waals surface area (Å²) in [7, 11) is 0. The quantitative estimate of drug-likeness (QED) is 0.0247. The minimum absolute atomic E-state index is 0.0438. The lowest BCUT2D eigenvalue weighted by Crippen LogP contribution is -2.61. The molecule has 0 fully saturated rings. The van der Waals surface area contributed by atoms with Crippen molar-refractivity contribution in [2.75, 3.05) is 19.6 Å². The van der Waals surface area contributed by atoms with Crippen LogP contribution in [0.2, 0.25) is 0 Å². The number of nitrogens with one attached hydrogen (secondary N) is 7. The number of nitrogen functional groups attached to an aromatic ring is 1. The van der Waals surface area contributed by atoms with Gasteiger partial charge >= 0.3 is 0 Å². The van der Waals surface area contributed by atoms with Gasteiger partial charge in [-0.3, -0.25) is 39.4 Å². The number of hydrogen-bond donors (Lipinski definition) is 14. The van der Waals surface area contributed by atoms with Gasteiger partial charge in [0.2, 0.25) is 29.5 Å². The number of rotatable bonds is 28. The van der Waals surface area contributed by atoms with E-state index in [1.807, 2.05) is 0 Å². The van der Waals surface area contributed by atoms with Crippen LogP contribution >= 0.6 is 0 Å². The molecule has 0 saturated carbocycles. The number of benzene rings is 1. The van der Waals surface area contributed by atoms with Crippen molar-refractivity contribution in [1.29, 1.82) is 10.8 Å². The molecule has 0 aliphatic carbocycles. The molecule has 1 aromatic rings. The van der Waals surface area contributed by atoms with Crippen LogP contribution in [0.25, 0.3) is 0 Å². The number of guanidine groups is 2. The summed E-state index contributed by atoms with van der Waals surface area (Å²) in [6, 6.07) is 1.31. The molecule has 330 valence electrons. The van der Waals surface area contributed by atoms with Crippen LogP contribution in [-0.4, -0.2) is 103 Å². The van der Waals surface area contributed by atoms with Crippen molar-refractivity contribution >= 4 is 53.5 Å². The van der Waals surface area contributed by atoms with Gasteiger partial charge in [-0.05, 0) is 81.5 Å². The third kappa shape index (κ3) is 21.0. The van der Waals surface area contributed by atoms with E-state index in [2.05, 4.69) is 36.6 Å². The molecule has 0 aliphatic heterocycles. The second-order valence-corrected chi connectivity index (χ2v) is 15.2. The van der Waals surface area contributed by atoms with Crippen LogP contribution in [0.1, 0.15) is 96.1 Å². The molecule has 0 saturated heterocycles. The Balaban J connectivity index is 3.34. The third-order valence-corrected chi connectivity index (χ3v) is 9.08. The van der Waals surface area contributed by atoms with Gasteiger partial charge in [-0.2, -0.15) is 0 Å². The fourth-order valence-corrected chi connectivity index (χ4v) is 5.72. The van der Waals surface area contributed by atoms with Gasteiger partial charge in [-0.25, -0.2) is 0 Å². The van der Waals surface area contributed by atoms with Gasteiger partial charge in [0.05, 0.1) is 6.04 Å². The summed E-state index contributed by atoms with van der Waals surface area (Å²) >= 11 is 0. The first-order chi connectivity index (χ1) is 27.8.